The average molecular weight is 283 g/mol. The van der Waals surface area contributed by atoms with Gasteiger partial charge in [-0.1, -0.05) is 18.5 Å². The highest BCUT2D eigenvalue weighted by atomic mass is 35.5. The zero-order valence-electron chi connectivity index (χ0n) is 11.3. The molecule has 0 N–H and O–H groups in total. The Morgan fingerprint density at radius 3 is 2.53 bits per heavy atom. The van der Waals surface area contributed by atoms with Crippen molar-refractivity contribution >= 4 is 17.5 Å². The highest BCUT2D eigenvalue weighted by Crippen LogP contribution is 2.11. The second kappa shape index (κ2) is 6.30. The summed E-state index contributed by atoms with van der Waals surface area (Å²) in [5.41, 5.74) is 0.362. The van der Waals surface area contributed by atoms with Gasteiger partial charge in [0.05, 0.1) is 12.4 Å². The molecule has 0 bridgehead atoms. The molecule has 1 saturated heterocycles. The van der Waals surface area contributed by atoms with Gasteiger partial charge in [-0.15, -0.1) is 0 Å². The maximum absolute atomic E-state index is 12.2. The van der Waals surface area contributed by atoms with E-state index >= 15 is 0 Å². The minimum atomic E-state index is -0.0621. The third-order valence-electron chi connectivity index (χ3n) is 3.66. The predicted octanol–water partition coefficient (Wildman–Crippen LogP) is 1.69. The molecule has 1 fully saturated rings. The maximum atomic E-state index is 12.2. The number of piperazine rings is 1. The van der Waals surface area contributed by atoms with E-state index in [-0.39, 0.29) is 5.91 Å². The van der Waals surface area contributed by atoms with Gasteiger partial charge in [0.15, 0.2) is 0 Å². The van der Waals surface area contributed by atoms with Crippen molar-refractivity contribution in [3.8, 4) is 0 Å². The Morgan fingerprint density at radius 2 is 2.00 bits per heavy atom. The van der Waals surface area contributed by atoms with Crippen LogP contribution < -0.4 is 0 Å². The summed E-state index contributed by atoms with van der Waals surface area (Å²) in [6.45, 7) is 7.73. The van der Waals surface area contributed by atoms with Crippen LogP contribution in [0.3, 0.4) is 0 Å². The van der Waals surface area contributed by atoms with Gasteiger partial charge in [-0.25, -0.2) is 9.97 Å². The molecular weight excluding hydrogens is 264 g/mol. The highest BCUT2D eigenvalue weighted by molar-refractivity contribution is 6.29. The lowest BCUT2D eigenvalue weighted by atomic mass is 10.2. The number of carbonyl (C=O) groups is 1. The molecule has 2 rings (SSSR count). The molecule has 1 unspecified atom stereocenters. The molecule has 0 aliphatic carbocycles. The molecule has 0 aromatic carbocycles. The van der Waals surface area contributed by atoms with Gasteiger partial charge in [0.25, 0.3) is 5.91 Å². The lowest BCUT2D eigenvalue weighted by Gasteiger charge is -2.37. The number of aromatic nitrogens is 2. The monoisotopic (exact) mass is 282 g/mol. The fraction of sp³-hybridized carbons (Fsp3) is 0.615. The van der Waals surface area contributed by atoms with Crippen LogP contribution in [0, 0.1) is 0 Å². The first-order valence-electron chi connectivity index (χ1n) is 6.62. The Bertz CT molecular complexity index is 429. The quantitative estimate of drug-likeness (QED) is 0.846. The summed E-state index contributed by atoms with van der Waals surface area (Å²) >= 11 is 5.67. The third kappa shape index (κ3) is 3.42. The van der Waals surface area contributed by atoms with Crippen molar-refractivity contribution in [1.82, 2.24) is 19.8 Å². The van der Waals surface area contributed by atoms with Gasteiger partial charge in [-0.3, -0.25) is 9.69 Å². The summed E-state index contributed by atoms with van der Waals surface area (Å²) in [6.07, 6.45) is 3.98. The van der Waals surface area contributed by atoms with Crippen LogP contribution in [0.4, 0.5) is 0 Å². The molecule has 104 valence electrons. The first kappa shape index (κ1) is 14.2. The number of nitrogens with zero attached hydrogens (tertiary/aromatic N) is 4. The molecule has 0 spiro atoms. The fourth-order valence-corrected chi connectivity index (χ4v) is 2.31. The van der Waals surface area contributed by atoms with Gasteiger partial charge in [0.2, 0.25) is 0 Å². The van der Waals surface area contributed by atoms with Crippen molar-refractivity contribution < 1.29 is 4.79 Å². The molecular formula is C13H19ClN4O. The lowest BCUT2D eigenvalue weighted by Crippen LogP contribution is -2.51. The summed E-state index contributed by atoms with van der Waals surface area (Å²) < 4.78 is 0. The summed E-state index contributed by atoms with van der Waals surface area (Å²) in [7, 11) is 0. The second-order valence-corrected chi connectivity index (χ2v) is 5.20. The van der Waals surface area contributed by atoms with E-state index in [1.54, 1.807) is 0 Å². The van der Waals surface area contributed by atoms with E-state index in [9.17, 15) is 4.79 Å². The van der Waals surface area contributed by atoms with E-state index < -0.39 is 0 Å². The molecule has 0 radical (unpaired) electrons. The summed E-state index contributed by atoms with van der Waals surface area (Å²) in [5.74, 6) is -0.0621. The minimum Gasteiger partial charge on any atom is -0.335 e. The lowest BCUT2D eigenvalue weighted by molar-refractivity contribution is 0.0574. The molecule has 1 aromatic heterocycles. The van der Waals surface area contributed by atoms with Crippen LogP contribution in [0.15, 0.2) is 12.4 Å². The third-order valence-corrected chi connectivity index (χ3v) is 3.85. The second-order valence-electron chi connectivity index (χ2n) is 4.81. The number of hydrogen-bond donors (Lipinski definition) is 0. The smallest absolute Gasteiger partial charge is 0.274 e. The van der Waals surface area contributed by atoms with E-state index in [2.05, 4.69) is 28.7 Å². The van der Waals surface area contributed by atoms with Crippen LogP contribution in [0.2, 0.25) is 5.15 Å². The average Bonchev–Trinajstić information content (AvgIpc) is 2.46. The zero-order chi connectivity index (χ0) is 13.8. The van der Waals surface area contributed by atoms with Gasteiger partial charge >= 0.3 is 0 Å². The van der Waals surface area contributed by atoms with Crippen LogP contribution in [0.5, 0.6) is 0 Å². The number of rotatable bonds is 3. The minimum absolute atomic E-state index is 0.0621. The van der Waals surface area contributed by atoms with Crippen LogP contribution in [-0.4, -0.2) is 57.9 Å². The molecule has 1 aromatic rings. The molecule has 1 atom stereocenters. The normalized spacial score (nSPS) is 18.4. The molecule has 0 saturated carbocycles. The fourth-order valence-electron chi connectivity index (χ4n) is 2.21. The Morgan fingerprint density at radius 1 is 1.32 bits per heavy atom. The van der Waals surface area contributed by atoms with Crippen LogP contribution in [0.25, 0.3) is 0 Å². The zero-order valence-corrected chi connectivity index (χ0v) is 12.1. The van der Waals surface area contributed by atoms with Crippen molar-refractivity contribution in [3.63, 3.8) is 0 Å². The summed E-state index contributed by atoms with van der Waals surface area (Å²) in [5, 5.41) is 0.304. The first-order chi connectivity index (χ1) is 9.11. The maximum Gasteiger partial charge on any atom is 0.274 e. The van der Waals surface area contributed by atoms with Crippen LogP contribution in [-0.2, 0) is 0 Å². The highest BCUT2D eigenvalue weighted by Gasteiger charge is 2.24. The van der Waals surface area contributed by atoms with E-state index in [1.807, 2.05) is 4.90 Å². The number of hydrogen-bond acceptors (Lipinski definition) is 4. The molecule has 1 amide bonds. The Kier molecular flexibility index (Phi) is 4.71. The Labute approximate surface area is 118 Å². The van der Waals surface area contributed by atoms with Gasteiger partial charge in [-0.05, 0) is 13.3 Å². The topological polar surface area (TPSA) is 49.3 Å². The van der Waals surface area contributed by atoms with Crippen molar-refractivity contribution in [2.24, 2.45) is 0 Å². The van der Waals surface area contributed by atoms with E-state index in [0.29, 0.717) is 16.9 Å². The first-order valence-corrected chi connectivity index (χ1v) is 7.00. The molecule has 2 heterocycles. The van der Waals surface area contributed by atoms with Gasteiger partial charge in [-0.2, -0.15) is 0 Å². The Hall–Kier alpha value is -1.20. The van der Waals surface area contributed by atoms with Crippen molar-refractivity contribution in [1.29, 1.82) is 0 Å². The Balaban J connectivity index is 1.94. The van der Waals surface area contributed by atoms with Gasteiger partial charge in [0.1, 0.15) is 10.8 Å². The molecule has 1 aliphatic rings. The number of amides is 1. The van der Waals surface area contributed by atoms with Crippen molar-refractivity contribution in [2.45, 2.75) is 26.3 Å². The largest absolute Gasteiger partial charge is 0.335 e. The molecule has 5 nitrogen and oxygen atoms in total. The van der Waals surface area contributed by atoms with Gasteiger partial charge in [0, 0.05) is 32.2 Å². The van der Waals surface area contributed by atoms with Crippen molar-refractivity contribution in [3.05, 3.63) is 23.2 Å². The summed E-state index contributed by atoms with van der Waals surface area (Å²) in [6, 6.07) is 0.576. The van der Waals surface area contributed by atoms with E-state index in [1.165, 1.54) is 12.4 Å². The SMILES string of the molecule is CCC(C)N1CCN(C(=O)c2cnc(Cl)cn2)CC1. The van der Waals surface area contributed by atoms with E-state index in [4.69, 9.17) is 11.6 Å². The molecule has 1 aliphatic heterocycles. The van der Waals surface area contributed by atoms with Crippen LogP contribution >= 0.6 is 11.6 Å². The number of halogens is 1. The van der Waals surface area contributed by atoms with Crippen LogP contribution in [0.1, 0.15) is 30.8 Å². The number of carbonyl (C=O) groups excluding carboxylic acids is 1. The van der Waals surface area contributed by atoms with E-state index in [0.717, 1.165) is 32.6 Å². The summed E-state index contributed by atoms with van der Waals surface area (Å²) in [4.78, 5) is 24.4. The van der Waals surface area contributed by atoms with Crippen molar-refractivity contribution in [2.75, 3.05) is 26.2 Å². The standard InChI is InChI=1S/C13H19ClN4O/c1-3-10(2)17-4-6-18(7-5-17)13(19)11-8-16-12(14)9-15-11/h8-10H,3-7H2,1-2H3. The molecule has 19 heavy (non-hydrogen) atoms. The molecule has 6 heteroatoms. The van der Waals surface area contributed by atoms with Gasteiger partial charge < -0.3 is 4.90 Å². The predicted molar refractivity (Wildman–Crippen MR) is 74.3 cm³/mol.